The number of nitrogens with zero attached hydrogens (tertiary/aromatic N) is 3. The van der Waals surface area contributed by atoms with Gasteiger partial charge in [-0.2, -0.15) is 4.98 Å². The van der Waals surface area contributed by atoms with Crippen molar-refractivity contribution in [2.45, 2.75) is 45.7 Å². The van der Waals surface area contributed by atoms with Gasteiger partial charge in [0.1, 0.15) is 0 Å². The lowest BCUT2D eigenvalue weighted by molar-refractivity contribution is -0.134. The van der Waals surface area contributed by atoms with E-state index in [1.54, 1.807) is 0 Å². The van der Waals surface area contributed by atoms with E-state index in [4.69, 9.17) is 9.26 Å². The highest BCUT2D eigenvalue weighted by atomic mass is 16.5. The highest BCUT2D eigenvalue weighted by Gasteiger charge is 2.35. The summed E-state index contributed by atoms with van der Waals surface area (Å²) in [6.07, 6.45) is 0. The Labute approximate surface area is 125 Å². The van der Waals surface area contributed by atoms with Crippen LogP contribution in [0.15, 0.2) is 4.52 Å². The first kappa shape index (κ1) is 15.9. The van der Waals surface area contributed by atoms with Crippen LogP contribution >= 0.6 is 0 Å². The van der Waals surface area contributed by atoms with Crippen LogP contribution in [0.25, 0.3) is 0 Å². The van der Waals surface area contributed by atoms with Gasteiger partial charge in [-0.1, -0.05) is 19.0 Å². The van der Waals surface area contributed by atoms with Crippen molar-refractivity contribution in [1.29, 1.82) is 0 Å². The molecule has 0 aromatic carbocycles. The highest BCUT2D eigenvalue weighted by Crippen LogP contribution is 2.16. The second kappa shape index (κ2) is 6.53. The topological polar surface area (TPSA) is 80.5 Å². The highest BCUT2D eigenvalue weighted by molar-refractivity contribution is 5.85. The smallest absolute Gasteiger partial charge is 0.246 e. The zero-order valence-electron chi connectivity index (χ0n) is 13.2. The molecule has 1 fully saturated rings. The van der Waals surface area contributed by atoms with E-state index in [1.807, 2.05) is 27.7 Å². The summed E-state index contributed by atoms with van der Waals surface area (Å²) in [7, 11) is 0. The standard InChI is InChI=1S/C14H24N4O3/c1-10(2)12-16-11(21-17-12)9-15-13(19)14(3,4)18-5-7-20-8-6-18/h10H,5-9H2,1-4H3,(H,15,19). The first-order valence-corrected chi connectivity index (χ1v) is 7.35. The minimum absolute atomic E-state index is 0.0475. The fourth-order valence-electron chi connectivity index (χ4n) is 2.21. The monoisotopic (exact) mass is 296 g/mol. The summed E-state index contributed by atoms with van der Waals surface area (Å²) in [6.45, 7) is 10.9. The molecular formula is C14H24N4O3. The molecule has 0 atom stereocenters. The molecule has 1 aromatic heterocycles. The number of aromatic nitrogens is 2. The second-order valence-corrected chi connectivity index (χ2v) is 6.04. The summed E-state index contributed by atoms with van der Waals surface area (Å²) in [6, 6.07) is 0. The van der Waals surface area contributed by atoms with Crippen LogP contribution in [0.2, 0.25) is 0 Å². The lowest BCUT2D eigenvalue weighted by Gasteiger charge is -2.39. The van der Waals surface area contributed by atoms with Crippen LogP contribution in [0.4, 0.5) is 0 Å². The van der Waals surface area contributed by atoms with Crippen LogP contribution in [-0.2, 0) is 16.1 Å². The van der Waals surface area contributed by atoms with Gasteiger partial charge in [-0.05, 0) is 13.8 Å². The van der Waals surface area contributed by atoms with E-state index >= 15 is 0 Å². The Morgan fingerprint density at radius 2 is 2.05 bits per heavy atom. The Morgan fingerprint density at radius 3 is 2.62 bits per heavy atom. The van der Waals surface area contributed by atoms with Gasteiger partial charge in [0, 0.05) is 19.0 Å². The number of hydrogen-bond acceptors (Lipinski definition) is 6. The SMILES string of the molecule is CC(C)c1noc(CNC(=O)C(C)(C)N2CCOCC2)n1. The third-order valence-electron chi connectivity index (χ3n) is 3.76. The average Bonchev–Trinajstić information content (AvgIpc) is 2.94. The average molecular weight is 296 g/mol. The lowest BCUT2D eigenvalue weighted by Crippen LogP contribution is -2.57. The summed E-state index contributed by atoms with van der Waals surface area (Å²) >= 11 is 0. The number of ether oxygens (including phenoxy) is 1. The van der Waals surface area contributed by atoms with Gasteiger partial charge in [-0.3, -0.25) is 9.69 Å². The number of nitrogens with one attached hydrogen (secondary N) is 1. The van der Waals surface area contributed by atoms with Crippen molar-refractivity contribution in [3.05, 3.63) is 11.7 Å². The number of morpholine rings is 1. The molecule has 0 radical (unpaired) electrons. The molecule has 1 N–H and O–H groups in total. The predicted molar refractivity (Wildman–Crippen MR) is 76.7 cm³/mol. The van der Waals surface area contributed by atoms with Crippen LogP contribution in [0, 0.1) is 0 Å². The van der Waals surface area contributed by atoms with E-state index in [0.29, 0.717) is 24.9 Å². The number of carbonyl (C=O) groups is 1. The largest absolute Gasteiger partial charge is 0.379 e. The fraction of sp³-hybridized carbons (Fsp3) is 0.786. The number of carbonyl (C=O) groups excluding carboxylic acids is 1. The summed E-state index contributed by atoms with van der Waals surface area (Å²) < 4.78 is 10.4. The van der Waals surface area contributed by atoms with Crippen LogP contribution in [0.5, 0.6) is 0 Å². The molecule has 0 spiro atoms. The van der Waals surface area contributed by atoms with Crippen molar-refractivity contribution in [1.82, 2.24) is 20.4 Å². The maximum atomic E-state index is 12.4. The zero-order valence-corrected chi connectivity index (χ0v) is 13.2. The van der Waals surface area contributed by atoms with Crippen LogP contribution < -0.4 is 5.32 Å². The third-order valence-corrected chi connectivity index (χ3v) is 3.76. The van der Waals surface area contributed by atoms with Gasteiger partial charge in [0.05, 0.1) is 25.3 Å². The summed E-state index contributed by atoms with van der Waals surface area (Å²) in [4.78, 5) is 18.8. The predicted octanol–water partition coefficient (Wildman–Crippen LogP) is 0.920. The van der Waals surface area contributed by atoms with E-state index in [9.17, 15) is 4.79 Å². The minimum Gasteiger partial charge on any atom is -0.379 e. The maximum absolute atomic E-state index is 12.4. The van der Waals surface area contributed by atoms with Crippen molar-refractivity contribution in [2.75, 3.05) is 26.3 Å². The van der Waals surface area contributed by atoms with Gasteiger partial charge >= 0.3 is 0 Å². The molecule has 1 aliphatic rings. The van der Waals surface area contributed by atoms with E-state index in [2.05, 4.69) is 20.4 Å². The molecule has 1 saturated heterocycles. The van der Waals surface area contributed by atoms with E-state index in [1.165, 1.54) is 0 Å². The van der Waals surface area contributed by atoms with Crippen molar-refractivity contribution < 1.29 is 14.1 Å². The normalized spacial score (nSPS) is 17.2. The molecule has 2 heterocycles. The molecule has 7 heteroatoms. The molecule has 1 aliphatic heterocycles. The molecule has 2 rings (SSSR count). The van der Waals surface area contributed by atoms with Gasteiger partial charge in [0.25, 0.3) is 0 Å². The van der Waals surface area contributed by atoms with Crippen LogP contribution in [-0.4, -0.2) is 52.8 Å². The minimum atomic E-state index is -0.579. The Kier molecular flexibility index (Phi) is 4.95. The second-order valence-electron chi connectivity index (χ2n) is 6.04. The number of hydrogen-bond donors (Lipinski definition) is 1. The Bertz CT molecular complexity index is 478. The van der Waals surface area contributed by atoms with Crippen molar-refractivity contribution in [3.63, 3.8) is 0 Å². The van der Waals surface area contributed by atoms with E-state index < -0.39 is 5.54 Å². The van der Waals surface area contributed by atoms with Crippen molar-refractivity contribution in [3.8, 4) is 0 Å². The molecular weight excluding hydrogens is 272 g/mol. The molecule has 21 heavy (non-hydrogen) atoms. The Morgan fingerprint density at radius 1 is 1.38 bits per heavy atom. The van der Waals surface area contributed by atoms with Gasteiger partial charge in [-0.25, -0.2) is 0 Å². The van der Waals surface area contributed by atoms with Crippen molar-refractivity contribution >= 4 is 5.91 Å². The molecule has 0 saturated carbocycles. The Hall–Kier alpha value is -1.47. The van der Waals surface area contributed by atoms with Crippen LogP contribution in [0.3, 0.4) is 0 Å². The van der Waals surface area contributed by atoms with Crippen LogP contribution in [0.1, 0.15) is 45.3 Å². The van der Waals surface area contributed by atoms with E-state index in [-0.39, 0.29) is 18.4 Å². The Balaban J connectivity index is 1.90. The summed E-state index contributed by atoms with van der Waals surface area (Å²) in [5.74, 6) is 1.26. The molecule has 0 bridgehead atoms. The third kappa shape index (κ3) is 3.79. The molecule has 1 aromatic rings. The maximum Gasteiger partial charge on any atom is 0.246 e. The number of rotatable bonds is 5. The van der Waals surface area contributed by atoms with Crippen molar-refractivity contribution in [2.24, 2.45) is 0 Å². The molecule has 0 unspecified atom stereocenters. The fourth-order valence-corrected chi connectivity index (χ4v) is 2.21. The molecule has 7 nitrogen and oxygen atoms in total. The number of amides is 1. The lowest BCUT2D eigenvalue weighted by atomic mass is 10.0. The van der Waals surface area contributed by atoms with Gasteiger partial charge in [0.15, 0.2) is 5.82 Å². The first-order valence-electron chi connectivity index (χ1n) is 7.35. The summed E-state index contributed by atoms with van der Waals surface area (Å²) in [5.41, 5.74) is -0.579. The first-order chi connectivity index (χ1) is 9.91. The van der Waals surface area contributed by atoms with Gasteiger partial charge in [0.2, 0.25) is 11.8 Å². The van der Waals surface area contributed by atoms with E-state index in [0.717, 1.165) is 13.1 Å². The molecule has 1 amide bonds. The van der Waals surface area contributed by atoms with Gasteiger partial charge in [-0.15, -0.1) is 0 Å². The molecule has 0 aliphatic carbocycles. The zero-order chi connectivity index (χ0) is 15.5. The quantitative estimate of drug-likeness (QED) is 0.870. The summed E-state index contributed by atoms with van der Waals surface area (Å²) in [5, 5.41) is 6.75. The molecule has 118 valence electrons. The van der Waals surface area contributed by atoms with Gasteiger partial charge < -0.3 is 14.6 Å².